The topological polar surface area (TPSA) is 53.9 Å². The van der Waals surface area contributed by atoms with E-state index in [2.05, 4.69) is 42.0 Å². The fourth-order valence-electron chi connectivity index (χ4n) is 3.49. The molecule has 0 saturated carbocycles. The molecule has 5 nitrogen and oxygen atoms in total. The third kappa shape index (κ3) is 3.09. The quantitative estimate of drug-likeness (QED) is 0.794. The van der Waals surface area contributed by atoms with E-state index in [0.717, 1.165) is 16.6 Å². The number of aromatic nitrogens is 3. The first-order valence-corrected chi connectivity index (χ1v) is 8.53. The Bertz CT molecular complexity index is 964. The Morgan fingerprint density at radius 3 is 2.52 bits per heavy atom. The lowest BCUT2D eigenvalue weighted by Gasteiger charge is -2.34. The fourth-order valence-corrected chi connectivity index (χ4v) is 3.49. The average molecular weight is 340 g/mol. The monoisotopic (exact) mass is 340 g/mol. The van der Waals surface area contributed by atoms with Gasteiger partial charge in [-0.1, -0.05) is 29.3 Å². The summed E-state index contributed by atoms with van der Waals surface area (Å²) in [7, 11) is 0. The highest BCUT2D eigenvalue weighted by molar-refractivity contribution is 5.78. The Balaban J connectivity index is 1.69. The molecule has 1 aliphatic heterocycles. The zero-order valence-corrected chi connectivity index (χ0v) is 14.4. The summed E-state index contributed by atoms with van der Waals surface area (Å²) < 4.78 is 14.6. The number of likely N-dealkylation sites (tertiary alicyclic amines) is 1. The Hall–Kier alpha value is -2.47. The summed E-state index contributed by atoms with van der Waals surface area (Å²) in [6.07, 6.45) is 1.07. The second kappa shape index (κ2) is 6.11. The third-order valence-corrected chi connectivity index (χ3v) is 4.74. The van der Waals surface area contributed by atoms with Gasteiger partial charge in [0, 0.05) is 37.9 Å². The normalized spacial score (nSPS) is 15.6. The maximum absolute atomic E-state index is 12.9. The molecule has 1 aliphatic rings. The van der Waals surface area contributed by atoms with Crippen LogP contribution in [0.25, 0.3) is 22.3 Å². The molecule has 2 aromatic heterocycles. The van der Waals surface area contributed by atoms with Gasteiger partial charge in [0.1, 0.15) is 6.17 Å². The summed E-state index contributed by atoms with van der Waals surface area (Å²) in [4.78, 5) is 21.5. The predicted molar refractivity (Wildman–Crippen MR) is 96.6 cm³/mol. The van der Waals surface area contributed by atoms with Gasteiger partial charge >= 0.3 is 5.69 Å². The summed E-state index contributed by atoms with van der Waals surface area (Å²) in [5, 5.41) is 0. The number of H-pyrrole nitrogens is 1. The van der Waals surface area contributed by atoms with Crippen LogP contribution >= 0.6 is 0 Å². The lowest BCUT2D eigenvalue weighted by molar-refractivity contribution is 0.0629. The van der Waals surface area contributed by atoms with Gasteiger partial charge in [-0.3, -0.25) is 14.5 Å². The van der Waals surface area contributed by atoms with E-state index in [1.54, 1.807) is 10.8 Å². The Morgan fingerprint density at radius 1 is 1.12 bits per heavy atom. The van der Waals surface area contributed by atoms with Crippen molar-refractivity contribution in [3.8, 4) is 11.1 Å². The SMILES string of the molecule is Cc1cc(C)cc(-c2cnc3[nH]c(=O)n(CCN4CC(F)C4)c3c2)c1. The van der Waals surface area contributed by atoms with Gasteiger partial charge in [-0.05, 0) is 25.5 Å². The first-order chi connectivity index (χ1) is 12.0. The summed E-state index contributed by atoms with van der Waals surface area (Å²) in [6, 6.07) is 8.37. The molecule has 25 heavy (non-hydrogen) atoms. The number of rotatable bonds is 4. The van der Waals surface area contributed by atoms with Crippen molar-refractivity contribution in [3.05, 3.63) is 52.1 Å². The maximum atomic E-state index is 12.9. The highest BCUT2D eigenvalue weighted by Crippen LogP contribution is 2.24. The van der Waals surface area contributed by atoms with Crippen molar-refractivity contribution in [3.63, 3.8) is 0 Å². The van der Waals surface area contributed by atoms with Crippen molar-refractivity contribution in [2.45, 2.75) is 26.6 Å². The van der Waals surface area contributed by atoms with E-state index in [-0.39, 0.29) is 5.69 Å². The van der Waals surface area contributed by atoms with Crippen molar-refractivity contribution >= 4 is 11.2 Å². The van der Waals surface area contributed by atoms with Crippen LogP contribution in [-0.2, 0) is 6.54 Å². The number of imidazole rings is 1. The molecule has 0 aliphatic carbocycles. The molecule has 1 saturated heterocycles. The Morgan fingerprint density at radius 2 is 1.84 bits per heavy atom. The minimum absolute atomic E-state index is 0.169. The third-order valence-electron chi connectivity index (χ3n) is 4.74. The van der Waals surface area contributed by atoms with Crippen molar-refractivity contribution in [2.75, 3.05) is 19.6 Å². The first kappa shape index (κ1) is 16.0. The fraction of sp³-hybridized carbons (Fsp3) is 0.368. The van der Waals surface area contributed by atoms with Gasteiger partial charge < -0.3 is 0 Å². The van der Waals surface area contributed by atoms with Crippen LogP contribution in [0.4, 0.5) is 4.39 Å². The largest absolute Gasteiger partial charge is 0.327 e. The molecule has 0 atom stereocenters. The van der Waals surface area contributed by atoms with Crippen molar-refractivity contribution in [2.24, 2.45) is 0 Å². The van der Waals surface area contributed by atoms with Gasteiger partial charge in [0.25, 0.3) is 0 Å². The van der Waals surface area contributed by atoms with E-state index in [9.17, 15) is 9.18 Å². The van der Waals surface area contributed by atoms with Crippen LogP contribution < -0.4 is 5.69 Å². The summed E-state index contributed by atoms with van der Waals surface area (Å²) in [6.45, 7) is 6.26. The summed E-state index contributed by atoms with van der Waals surface area (Å²) in [5.74, 6) is 0. The summed E-state index contributed by atoms with van der Waals surface area (Å²) in [5.41, 5.74) is 5.68. The second-order valence-corrected chi connectivity index (χ2v) is 6.91. The smallest absolute Gasteiger partial charge is 0.296 e. The maximum Gasteiger partial charge on any atom is 0.327 e. The molecule has 4 rings (SSSR count). The van der Waals surface area contributed by atoms with Crippen LogP contribution in [0.2, 0.25) is 0 Å². The molecule has 0 bridgehead atoms. The number of fused-ring (bicyclic) bond motifs is 1. The van der Waals surface area contributed by atoms with Gasteiger partial charge in [-0.15, -0.1) is 0 Å². The number of nitrogens with one attached hydrogen (secondary N) is 1. The van der Waals surface area contributed by atoms with Crippen LogP contribution in [0.3, 0.4) is 0 Å². The van der Waals surface area contributed by atoms with Crippen LogP contribution in [0, 0.1) is 13.8 Å². The van der Waals surface area contributed by atoms with Gasteiger partial charge in [0.15, 0.2) is 5.65 Å². The molecule has 1 N–H and O–H groups in total. The van der Waals surface area contributed by atoms with Crippen LogP contribution in [0.1, 0.15) is 11.1 Å². The highest BCUT2D eigenvalue weighted by atomic mass is 19.1. The number of benzene rings is 1. The standard InChI is InChI=1S/C19H21FN4O/c1-12-5-13(2)7-14(6-12)15-8-17-18(21-9-15)22-19(25)24(17)4-3-23-10-16(20)11-23/h5-9,16H,3-4,10-11H2,1-2H3,(H,21,22,25). The van der Waals surface area contributed by atoms with Crippen LogP contribution in [0.5, 0.6) is 0 Å². The molecule has 3 heterocycles. The van der Waals surface area contributed by atoms with E-state index in [1.807, 2.05) is 11.0 Å². The van der Waals surface area contributed by atoms with E-state index < -0.39 is 6.17 Å². The van der Waals surface area contributed by atoms with E-state index in [1.165, 1.54) is 11.1 Å². The molecular formula is C19H21FN4O. The number of pyridine rings is 1. The second-order valence-electron chi connectivity index (χ2n) is 6.91. The van der Waals surface area contributed by atoms with Gasteiger partial charge in [-0.25, -0.2) is 14.2 Å². The lowest BCUT2D eigenvalue weighted by Crippen LogP contribution is -2.49. The molecule has 0 amide bonds. The lowest BCUT2D eigenvalue weighted by atomic mass is 10.0. The van der Waals surface area contributed by atoms with E-state index >= 15 is 0 Å². The molecular weight excluding hydrogens is 319 g/mol. The number of hydrogen-bond acceptors (Lipinski definition) is 3. The molecule has 1 fully saturated rings. The number of halogens is 1. The first-order valence-electron chi connectivity index (χ1n) is 8.53. The van der Waals surface area contributed by atoms with E-state index in [0.29, 0.717) is 31.8 Å². The number of alkyl halides is 1. The van der Waals surface area contributed by atoms with Gasteiger partial charge in [0.2, 0.25) is 0 Å². The molecule has 1 aromatic carbocycles. The molecule has 3 aromatic rings. The number of nitrogens with zero attached hydrogens (tertiary/aromatic N) is 3. The average Bonchev–Trinajstić information content (AvgIpc) is 2.84. The molecule has 6 heteroatoms. The Kier molecular flexibility index (Phi) is 3.92. The van der Waals surface area contributed by atoms with Gasteiger partial charge in [-0.2, -0.15) is 0 Å². The highest BCUT2D eigenvalue weighted by Gasteiger charge is 2.25. The number of hydrogen-bond donors (Lipinski definition) is 1. The van der Waals surface area contributed by atoms with Crippen molar-refractivity contribution < 1.29 is 4.39 Å². The number of aryl methyl sites for hydroxylation is 2. The van der Waals surface area contributed by atoms with Crippen LogP contribution in [0.15, 0.2) is 35.3 Å². The van der Waals surface area contributed by atoms with Crippen LogP contribution in [-0.4, -0.2) is 45.2 Å². The van der Waals surface area contributed by atoms with Crippen molar-refractivity contribution in [1.82, 2.24) is 19.4 Å². The molecule has 0 spiro atoms. The minimum atomic E-state index is -0.725. The summed E-state index contributed by atoms with van der Waals surface area (Å²) >= 11 is 0. The van der Waals surface area contributed by atoms with Gasteiger partial charge in [0.05, 0.1) is 5.52 Å². The zero-order chi connectivity index (χ0) is 17.6. The van der Waals surface area contributed by atoms with Crippen molar-refractivity contribution in [1.29, 1.82) is 0 Å². The predicted octanol–water partition coefficient (Wildman–Crippen LogP) is 2.66. The number of aromatic amines is 1. The Labute approximate surface area is 145 Å². The zero-order valence-electron chi connectivity index (χ0n) is 14.4. The van der Waals surface area contributed by atoms with E-state index in [4.69, 9.17) is 0 Å². The molecule has 130 valence electrons. The molecule has 0 radical (unpaired) electrons. The molecule has 0 unspecified atom stereocenters. The minimum Gasteiger partial charge on any atom is -0.296 e.